The van der Waals surface area contributed by atoms with E-state index in [4.69, 9.17) is 0 Å². The summed E-state index contributed by atoms with van der Waals surface area (Å²) in [6.07, 6.45) is -2.83. The molecule has 0 saturated heterocycles. The maximum Gasteiger partial charge on any atom is 0.408 e. The molecule has 3 heterocycles. The number of nitrogens with one attached hydrogen (secondary N) is 2. The molecule has 41 heavy (non-hydrogen) atoms. The number of carbonyl (C=O) groups excluding carboxylic acids is 3. The Morgan fingerprint density at radius 2 is 1.71 bits per heavy atom. The molecule has 0 spiro atoms. The van der Waals surface area contributed by atoms with Gasteiger partial charge in [0.1, 0.15) is 12.4 Å². The molecule has 1 aromatic carbocycles. The molecule has 1 aliphatic rings. The molecule has 0 saturated carbocycles. The lowest BCUT2D eigenvalue weighted by molar-refractivity contribution is -0.143. The molecule has 0 fully saturated rings. The van der Waals surface area contributed by atoms with Gasteiger partial charge in [0.25, 0.3) is 11.8 Å². The van der Waals surface area contributed by atoms with E-state index in [1.54, 1.807) is 64.6 Å². The van der Waals surface area contributed by atoms with Crippen molar-refractivity contribution in [3.8, 4) is 0 Å². The molecule has 14 heteroatoms. The van der Waals surface area contributed by atoms with Crippen LogP contribution in [0.3, 0.4) is 0 Å². The van der Waals surface area contributed by atoms with Crippen molar-refractivity contribution in [1.29, 1.82) is 0 Å². The highest BCUT2D eigenvalue weighted by Crippen LogP contribution is 2.28. The maximum absolute atomic E-state index is 13.3. The first kappa shape index (κ1) is 29.4. The molecule has 4 rings (SSSR count). The Morgan fingerprint density at radius 1 is 1.00 bits per heavy atom. The summed E-state index contributed by atoms with van der Waals surface area (Å²) in [5, 5.41) is 9.52. The molecular weight excluding hydrogens is 541 g/mol. The lowest BCUT2D eigenvalue weighted by Gasteiger charge is -2.29. The van der Waals surface area contributed by atoms with E-state index in [0.717, 1.165) is 10.2 Å². The molecule has 0 atom stereocenters. The zero-order valence-electron chi connectivity index (χ0n) is 23.1. The number of amides is 4. The van der Waals surface area contributed by atoms with E-state index in [2.05, 4.69) is 20.7 Å². The van der Waals surface area contributed by atoms with Crippen LogP contribution in [0.25, 0.3) is 0 Å². The highest BCUT2D eigenvalue weighted by molar-refractivity contribution is 5.94. The van der Waals surface area contributed by atoms with Crippen LogP contribution in [0.5, 0.6) is 0 Å². The Hall–Kier alpha value is -4.62. The predicted octanol–water partition coefficient (Wildman–Crippen LogP) is 3.13. The second kappa shape index (κ2) is 11.9. The van der Waals surface area contributed by atoms with Gasteiger partial charge in [-0.2, -0.15) is 18.3 Å². The Bertz CT molecular complexity index is 1420. The summed E-state index contributed by atoms with van der Waals surface area (Å²) < 4.78 is 40.8. The first-order valence-electron chi connectivity index (χ1n) is 12.8. The van der Waals surface area contributed by atoms with Gasteiger partial charge in [-0.25, -0.2) is 9.78 Å². The SMILES string of the molecule is CN(C)C(=O)Nc1ccc(CNC(=O)c2nn(CC(F)(F)F)c3c2CN(c2ccc(C(=O)N(C)C)cn2)CC3)cc1. The average molecular weight is 573 g/mol. The molecule has 218 valence electrons. The summed E-state index contributed by atoms with van der Waals surface area (Å²) >= 11 is 0. The number of anilines is 2. The molecule has 2 N–H and O–H groups in total. The number of hydrogen-bond donors (Lipinski definition) is 2. The minimum absolute atomic E-state index is 0.0803. The van der Waals surface area contributed by atoms with Crippen molar-refractivity contribution in [3.63, 3.8) is 0 Å². The fraction of sp³-hybridized carbons (Fsp3) is 0.370. The Kier molecular flexibility index (Phi) is 8.49. The third kappa shape index (κ3) is 7.13. The van der Waals surface area contributed by atoms with Crippen molar-refractivity contribution < 1.29 is 27.6 Å². The number of aromatic nitrogens is 3. The van der Waals surface area contributed by atoms with Crippen LogP contribution in [-0.2, 0) is 26.1 Å². The number of carbonyl (C=O) groups is 3. The summed E-state index contributed by atoms with van der Waals surface area (Å²) in [6, 6.07) is 9.84. The molecule has 0 unspecified atom stereocenters. The zero-order valence-corrected chi connectivity index (χ0v) is 23.1. The Morgan fingerprint density at radius 3 is 2.29 bits per heavy atom. The molecule has 3 aromatic rings. The number of pyridine rings is 1. The number of alkyl halides is 3. The van der Waals surface area contributed by atoms with Gasteiger partial charge >= 0.3 is 12.2 Å². The van der Waals surface area contributed by atoms with Crippen molar-refractivity contribution >= 4 is 29.4 Å². The second-order valence-electron chi connectivity index (χ2n) is 10.0. The Labute approximate surface area is 234 Å². The number of halogens is 3. The van der Waals surface area contributed by atoms with Gasteiger partial charge in [0.2, 0.25) is 0 Å². The van der Waals surface area contributed by atoms with Crippen LogP contribution < -0.4 is 15.5 Å². The molecule has 2 aromatic heterocycles. The van der Waals surface area contributed by atoms with Gasteiger partial charge in [-0.1, -0.05) is 12.1 Å². The average Bonchev–Trinajstić information content (AvgIpc) is 3.28. The monoisotopic (exact) mass is 572 g/mol. The zero-order chi connectivity index (χ0) is 29.9. The number of benzene rings is 1. The van der Waals surface area contributed by atoms with Gasteiger partial charge in [-0.05, 0) is 29.8 Å². The second-order valence-corrected chi connectivity index (χ2v) is 10.0. The van der Waals surface area contributed by atoms with Crippen LogP contribution in [0.15, 0.2) is 42.6 Å². The standard InChI is InChI=1S/C27H31F3N8O3/c1-35(2)25(40)18-7-10-22(31-14-18)37-12-11-21-20(15-37)23(34-38(21)16-27(28,29)30)24(39)32-13-17-5-8-19(9-6-17)33-26(41)36(3)4/h5-10,14H,11-13,15-16H2,1-4H3,(H,32,39)(H,33,41). The fourth-order valence-corrected chi connectivity index (χ4v) is 4.33. The van der Waals surface area contributed by atoms with E-state index in [1.807, 2.05) is 4.90 Å². The summed E-state index contributed by atoms with van der Waals surface area (Å²) in [4.78, 5) is 46.2. The minimum Gasteiger partial charge on any atom is -0.352 e. The van der Waals surface area contributed by atoms with Gasteiger partial charge in [-0.15, -0.1) is 0 Å². The van der Waals surface area contributed by atoms with Gasteiger partial charge in [-0.3, -0.25) is 14.3 Å². The van der Waals surface area contributed by atoms with E-state index in [-0.39, 0.29) is 37.1 Å². The van der Waals surface area contributed by atoms with Crippen LogP contribution in [0.4, 0.5) is 29.5 Å². The number of urea groups is 1. The first-order chi connectivity index (χ1) is 19.3. The highest BCUT2D eigenvalue weighted by Gasteiger charge is 2.34. The predicted molar refractivity (Wildman–Crippen MR) is 146 cm³/mol. The van der Waals surface area contributed by atoms with E-state index in [1.165, 1.54) is 16.0 Å². The van der Waals surface area contributed by atoms with Gasteiger partial charge in [0, 0.05) is 77.4 Å². The fourth-order valence-electron chi connectivity index (χ4n) is 4.33. The van der Waals surface area contributed by atoms with Crippen molar-refractivity contribution in [1.82, 2.24) is 29.9 Å². The van der Waals surface area contributed by atoms with Gasteiger partial charge in [0.15, 0.2) is 5.69 Å². The molecule has 0 aliphatic carbocycles. The van der Waals surface area contributed by atoms with E-state index >= 15 is 0 Å². The molecule has 11 nitrogen and oxygen atoms in total. The maximum atomic E-state index is 13.3. The summed E-state index contributed by atoms with van der Waals surface area (Å²) in [6.45, 7) is -0.705. The van der Waals surface area contributed by atoms with Crippen LogP contribution in [0.1, 0.15) is 37.7 Å². The van der Waals surface area contributed by atoms with Crippen LogP contribution in [0, 0.1) is 0 Å². The number of nitrogens with zero attached hydrogens (tertiary/aromatic N) is 6. The smallest absolute Gasteiger partial charge is 0.352 e. The summed E-state index contributed by atoms with van der Waals surface area (Å²) in [5.41, 5.74) is 2.37. The van der Waals surface area contributed by atoms with Crippen molar-refractivity contribution in [2.24, 2.45) is 0 Å². The van der Waals surface area contributed by atoms with Crippen LogP contribution >= 0.6 is 0 Å². The first-order valence-corrected chi connectivity index (χ1v) is 12.8. The van der Waals surface area contributed by atoms with E-state index in [0.29, 0.717) is 34.9 Å². The summed E-state index contributed by atoms with van der Waals surface area (Å²) in [5.74, 6) is -0.276. The highest BCUT2D eigenvalue weighted by atomic mass is 19.4. The van der Waals surface area contributed by atoms with Gasteiger partial charge in [0.05, 0.1) is 5.56 Å². The lowest BCUT2D eigenvalue weighted by Crippen LogP contribution is -2.33. The van der Waals surface area contributed by atoms with Crippen molar-refractivity contribution in [3.05, 3.63) is 70.7 Å². The Balaban J connectivity index is 1.51. The van der Waals surface area contributed by atoms with Crippen LogP contribution in [-0.4, -0.2) is 83.3 Å². The van der Waals surface area contributed by atoms with Crippen molar-refractivity contribution in [2.75, 3.05) is 45.0 Å². The number of rotatable bonds is 7. The molecule has 4 amide bonds. The number of hydrogen-bond acceptors (Lipinski definition) is 6. The topological polar surface area (TPSA) is 116 Å². The third-order valence-electron chi connectivity index (χ3n) is 6.47. The lowest BCUT2D eigenvalue weighted by atomic mass is 10.0. The van der Waals surface area contributed by atoms with Gasteiger partial charge < -0.3 is 25.3 Å². The van der Waals surface area contributed by atoms with Crippen molar-refractivity contribution in [2.45, 2.75) is 32.2 Å². The third-order valence-corrected chi connectivity index (χ3v) is 6.47. The quantitative estimate of drug-likeness (QED) is 0.450. The summed E-state index contributed by atoms with van der Waals surface area (Å²) in [7, 11) is 6.50. The normalized spacial score (nSPS) is 12.9. The van der Waals surface area contributed by atoms with Crippen LogP contribution in [0.2, 0.25) is 0 Å². The molecule has 0 radical (unpaired) electrons. The van der Waals surface area contributed by atoms with E-state index in [9.17, 15) is 27.6 Å². The number of fused-ring (bicyclic) bond motifs is 1. The van der Waals surface area contributed by atoms with E-state index < -0.39 is 18.6 Å². The molecule has 1 aliphatic heterocycles. The molecule has 0 bridgehead atoms. The minimum atomic E-state index is -4.51. The largest absolute Gasteiger partial charge is 0.408 e. The molecular formula is C27H31F3N8O3.